The molecule has 0 atom stereocenters. The Balaban J connectivity index is 1.52. The van der Waals surface area contributed by atoms with Crippen molar-refractivity contribution >= 4 is 17.7 Å². The molecule has 0 fully saturated rings. The highest BCUT2D eigenvalue weighted by atomic mass is 32.2. The number of carbonyl (C=O) groups excluding carboxylic acids is 1. The highest BCUT2D eigenvalue weighted by molar-refractivity contribution is 7.97. The molecule has 0 saturated heterocycles. The van der Waals surface area contributed by atoms with Crippen molar-refractivity contribution in [3.63, 3.8) is 0 Å². The molecule has 25 heavy (non-hydrogen) atoms. The lowest BCUT2D eigenvalue weighted by Crippen LogP contribution is -2.07. The van der Waals surface area contributed by atoms with E-state index in [-0.39, 0.29) is 5.97 Å². The van der Waals surface area contributed by atoms with Crippen molar-refractivity contribution in [1.29, 1.82) is 0 Å². The number of thioether (sulfide) groups is 1. The molecule has 0 radical (unpaired) electrons. The predicted octanol–water partition coefficient (Wildman–Crippen LogP) is 5.65. The average Bonchev–Trinajstić information content (AvgIpc) is 2.65. The van der Waals surface area contributed by atoms with Gasteiger partial charge in [-0.1, -0.05) is 54.6 Å². The number of aryl methyl sites for hydroxylation is 1. The third-order valence-corrected chi connectivity index (χ3v) is 4.98. The van der Waals surface area contributed by atoms with E-state index in [0.717, 1.165) is 11.5 Å². The normalized spacial score (nSPS) is 10.4. The zero-order valence-electron chi connectivity index (χ0n) is 14.1. The van der Waals surface area contributed by atoms with E-state index in [0.29, 0.717) is 11.3 Å². The summed E-state index contributed by atoms with van der Waals surface area (Å²) in [4.78, 5) is 12.0. The second kappa shape index (κ2) is 8.54. The maximum Gasteiger partial charge on any atom is 0.343 e. The molecule has 0 aliphatic rings. The third-order valence-electron chi connectivity index (χ3n) is 3.93. The minimum absolute atomic E-state index is 0.331. The third kappa shape index (κ3) is 4.97. The van der Waals surface area contributed by atoms with Crippen LogP contribution < -0.4 is 4.74 Å². The first-order valence-electron chi connectivity index (χ1n) is 8.21. The largest absolute Gasteiger partial charge is 0.423 e. The molecule has 126 valence electrons. The van der Waals surface area contributed by atoms with Crippen LogP contribution in [0, 0.1) is 6.92 Å². The molecule has 0 bridgehead atoms. The van der Waals surface area contributed by atoms with E-state index in [1.165, 1.54) is 16.7 Å². The number of carbonyl (C=O) groups is 1. The van der Waals surface area contributed by atoms with Gasteiger partial charge in [-0.3, -0.25) is 0 Å². The SMILES string of the molecule is Cc1ccccc1CSCc1ccc(OC(=O)c2ccccc2)cc1. The van der Waals surface area contributed by atoms with Gasteiger partial charge in [-0.15, -0.1) is 0 Å². The first-order chi connectivity index (χ1) is 12.2. The van der Waals surface area contributed by atoms with Crippen LogP contribution in [0.25, 0.3) is 0 Å². The van der Waals surface area contributed by atoms with Crippen LogP contribution in [-0.2, 0) is 11.5 Å². The van der Waals surface area contributed by atoms with E-state index >= 15 is 0 Å². The molecule has 0 aromatic heterocycles. The Morgan fingerprint density at radius 2 is 1.52 bits per heavy atom. The number of benzene rings is 3. The number of hydrogen-bond acceptors (Lipinski definition) is 3. The van der Waals surface area contributed by atoms with Gasteiger partial charge in [-0.25, -0.2) is 4.79 Å². The van der Waals surface area contributed by atoms with Gasteiger partial charge in [0.2, 0.25) is 0 Å². The summed E-state index contributed by atoms with van der Waals surface area (Å²) in [5.74, 6) is 2.17. The first-order valence-corrected chi connectivity index (χ1v) is 9.36. The first kappa shape index (κ1) is 17.3. The minimum Gasteiger partial charge on any atom is -0.423 e. The Bertz CT molecular complexity index is 826. The minimum atomic E-state index is -0.331. The van der Waals surface area contributed by atoms with E-state index in [9.17, 15) is 4.79 Å². The molecule has 3 aromatic rings. The molecular formula is C22H20O2S. The summed E-state index contributed by atoms with van der Waals surface area (Å²) in [6, 6.07) is 25.2. The summed E-state index contributed by atoms with van der Waals surface area (Å²) >= 11 is 1.88. The topological polar surface area (TPSA) is 26.3 Å². The lowest BCUT2D eigenvalue weighted by atomic mass is 10.1. The molecule has 0 saturated carbocycles. The quantitative estimate of drug-likeness (QED) is 0.425. The lowest BCUT2D eigenvalue weighted by molar-refractivity contribution is 0.0734. The van der Waals surface area contributed by atoms with E-state index in [2.05, 4.69) is 31.2 Å². The fraction of sp³-hybridized carbons (Fsp3) is 0.136. The maximum atomic E-state index is 12.0. The zero-order valence-corrected chi connectivity index (χ0v) is 15.0. The Kier molecular flexibility index (Phi) is 5.91. The smallest absolute Gasteiger partial charge is 0.343 e. The van der Waals surface area contributed by atoms with Crippen LogP contribution in [0.5, 0.6) is 5.75 Å². The number of hydrogen-bond donors (Lipinski definition) is 0. The van der Waals surface area contributed by atoms with Gasteiger partial charge >= 0.3 is 5.97 Å². The fourth-order valence-electron chi connectivity index (χ4n) is 2.44. The molecule has 2 nitrogen and oxygen atoms in total. The van der Waals surface area contributed by atoms with Crippen LogP contribution >= 0.6 is 11.8 Å². The lowest BCUT2D eigenvalue weighted by Gasteiger charge is -2.07. The standard InChI is InChI=1S/C22H20O2S/c1-17-7-5-6-10-20(17)16-25-15-18-11-13-21(14-12-18)24-22(23)19-8-3-2-4-9-19/h2-14H,15-16H2,1H3. The van der Waals surface area contributed by atoms with Crippen molar-refractivity contribution in [3.05, 3.63) is 101 Å². The Labute approximate surface area is 152 Å². The molecule has 3 aromatic carbocycles. The molecule has 0 heterocycles. The van der Waals surface area contributed by atoms with Crippen LogP contribution in [0.2, 0.25) is 0 Å². The van der Waals surface area contributed by atoms with Gasteiger partial charge in [0.15, 0.2) is 0 Å². The Morgan fingerprint density at radius 3 is 2.24 bits per heavy atom. The van der Waals surface area contributed by atoms with E-state index in [4.69, 9.17) is 4.74 Å². The highest BCUT2D eigenvalue weighted by Gasteiger charge is 2.07. The van der Waals surface area contributed by atoms with Crippen LogP contribution in [-0.4, -0.2) is 5.97 Å². The van der Waals surface area contributed by atoms with E-state index < -0.39 is 0 Å². The molecule has 0 spiro atoms. The van der Waals surface area contributed by atoms with Crippen molar-refractivity contribution in [2.45, 2.75) is 18.4 Å². The fourth-order valence-corrected chi connectivity index (χ4v) is 3.52. The average molecular weight is 348 g/mol. The molecule has 0 aliphatic heterocycles. The van der Waals surface area contributed by atoms with Gasteiger partial charge < -0.3 is 4.74 Å². The summed E-state index contributed by atoms with van der Waals surface area (Å²) in [7, 11) is 0. The van der Waals surface area contributed by atoms with Crippen LogP contribution in [0.3, 0.4) is 0 Å². The second-order valence-electron chi connectivity index (χ2n) is 5.82. The van der Waals surface area contributed by atoms with Gasteiger partial charge in [0.05, 0.1) is 5.56 Å². The van der Waals surface area contributed by atoms with Crippen LogP contribution in [0.15, 0.2) is 78.9 Å². The van der Waals surface area contributed by atoms with Crippen LogP contribution in [0.1, 0.15) is 27.0 Å². The molecule has 0 unspecified atom stereocenters. The molecular weight excluding hydrogens is 328 g/mol. The maximum absolute atomic E-state index is 12.0. The van der Waals surface area contributed by atoms with Crippen molar-refractivity contribution in [2.24, 2.45) is 0 Å². The molecule has 0 amide bonds. The highest BCUT2D eigenvalue weighted by Crippen LogP contribution is 2.22. The Hall–Kier alpha value is -2.52. The number of ether oxygens (including phenoxy) is 1. The molecule has 3 rings (SSSR count). The van der Waals surface area contributed by atoms with Gasteiger partial charge in [-0.2, -0.15) is 11.8 Å². The van der Waals surface area contributed by atoms with Crippen molar-refractivity contribution in [3.8, 4) is 5.75 Å². The summed E-state index contributed by atoms with van der Waals surface area (Å²) in [6.45, 7) is 2.14. The molecule has 3 heteroatoms. The van der Waals surface area contributed by atoms with Gasteiger partial charge in [0.25, 0.3) is 0 Å². The second-order valence-corrected chi connectivity index (χ2v) is 6.80. The number of rotatable bonds is 6. The summed E-state index contributed by atoms with van der Waals surface area (Å²) in [5.41, 5.74) is 4.48. The predicted molar refractivity (Wildman–Crippen MR) is 104 cm³/mol. The van der Waals surface area contributed by atoms with E-state index in [1.807, 2.05) is 54.2 Å². The monoisotopic (exact) mass is 348 g/mol. The van der Waals surface area contributed by atoms with Gasteiger partial charge in [0.1, 0.15) is 5.75 Å². The summed E-state index contributed by atoms with van der Waals surface area (Å²) in [5, 5.41) is 0. The van der Waals surface area contributed by atoms with E-state index in [1.54, 1.807) is 12.1 Å². The summed E-state index contributed by atoms with van der Waals surface area (Å²) in [6.07, 6.45) is 0. The van der Waals surface area contributed by atoms with Crippen molar-refractivity contribution in [2.75, 3.05) is 0 Å². The van der Waals surface area contributed by atoms with Gasteiger partial charge in [-0.05, 0) is 47.9 Å². The number of esters is 1. The molecule has 0 N–H and O–H groups in total. The molecule has 0 aliphatic carbocycles. The van der Waals surface area contributed by atoms with Crippen LogP contribution in [0.4, 0.5) is 0 Å². The van der Waals surface area contributed by atoms with Crippen molar-refractivity contribution in [1.82, 2.24) is 0 Å². The van der Waals surface area contributed by atoms with Crippen molar-refractivity contribution < 1.29 is 9.53 Å². The van der Waals surface area contributed by atoms with Gasteiger partial charge in [0, 0.05) is 11.5 Å². The Morgan fingerprint density at radius 1 is 0.840 bits per heavy atom. The summed E-state index contributed by atoms with van der Waals surface area (Å²) < 4.78 is 5.40. The zero-order chi connectivity index (χ0) is 17.5.